The molecule has 132 valence electrons. The fraction of sp³-hybridized carbons (Fsp3) is 0.143. The molecule has 2 aromatic heterocycles. The van der Waals surface area contributed by atoms with E-state index < -0.39 is 0 Å². The third-order valence-corrected chi connectivity index (χ3v) is 4.63. The van der Waals surface area contributed by atoms with E-state index in [1.54, 1.807) is 12.1 Å². The Labute approximate surface area is 153 Å². The number of aromatic nitrogens is 2. The number of carbonyl (C=O) groups is 2. The third-order valence-electron chi connectivity index (χ3n) is 4.63. The zero-order valence-electron chi connectivity index (χ0n) is 14.6. The highest BCUT2D eigenvalue weighted by molar-refractivity contribution is 6.41. The van der Waals surface area contributed by atoms with Gasteiger partial charge in [-0.1, -0.05) is 38.1 Å². The highest BCUT2D eigenvalue weighted by atomic mass is 16.4. The first-order chi connectivity index (χ1) is 13.0. The van der Waals surface area contributed by atoms with Gasteiger partial charge >= 0.3 is 0 Å². The van der Waals surface area contributed by atoms with Crippen molar-refractivity contribution in [2.24, 2.45) is 0 Å². The molecule has 0 spiro atoms. The first-order valence-electron chi connectivity index (χ1n) is 8.62. The second kappa shape index (κ2) is 5.48. The molecule has 0 N–H and O–H groups in total. The molecule has 0 saturated heterocycles. The van der Waals surface area contributed by atoms with Gasteiger partial charge in [0.2, 0.25) is 11.8 Å². The first kappa shape index (κ1) is 15.7. The Balaban J connectivity index is 1.58. The van der Waals surface area contributed by atoms with Gasteiger partial charge in [-0.3, -0.25) is 9.59 Å². The molecule has 2 heterocycles. The average molecular weight is 358 g/mol. The van der Waals surface area contributed by atoms with E-state index in [0.717, 1.165) is 10.8 Å². The minimum atomic E-state index is -0.327. The topological polar surface area (TPSA) is 86.2 Å². The average Bonchev–Trinajstić information content (AvgIpc) is 3.28. The van der Waals surface area contributed by atoms with E-state index in [1.807, 2.05) is 38.1 Å². The van der Waals surface area contributed by atoms with Crippen LogP contribution in [-0.2, 0) is 0 Å². The Morgan fingerprint density at radius 1 is 0.889 bits per heavy atom. The Morgan fingerprint density at radius 2 is 1.48 bits per heavy atom. The molecule has 4 aromatic rings. The van der Waals surface area contributed by atoms with Crippen LogP contribution in [0.5, 0.6) is 0 Å². The van der Waals surface area contributed by atoms with Crippen molar-refractivity contribution in [1.29, 1.82) is 0 Å². The fourth-order valence-electron chi connectivity index (χ4n) is 3.25. The number of carbonyl (C=O) groups excluding carboxylic acids is 2. The summed E-state index contributed by atoms with van der Waals surface area (Å²) in [4.78, 5) is 33.9. The molecular formula is C21H14N2O4. The maximum absolute atomic E-state index is 12.8. The molecule has 1 aliphatic carbocycles. The van der Waals surface area contributed by atoms with Gasteiger partial charge in [0.25, 0.3) is 11.4 Å². The Bertz CT molecular complexity index is 1200. The van der Waals surface area contributed by atoms with Crippen molar-refractivity contribution in [3.8, 4) is 0 Å². The van der Waals surface area contributed by atoms with E-state index in [-0.39, 0.29) is 40.4 Å². The van der Waals surface area contributed by atoms with Gasteiger partial charge in [-0.05, 0) is 22.9 Å². The fourth-order valence-corrected chi connectivity index (χ4v) is 3.25. The first-order valence-corrected chi connectivity index (χ1v) is 8.62. The molecule has 5 rings (SSSR count). The third kappa shape index (κ3) is 2.33. The van der Waals surface area contributed by atoms with Crippen LogP contribution in [0, 0.1) is 0 Å². The summed E-state index contributed by atoms with van der Waals surface area (Å²) in [7, 11) is 0. The minimum absolute atomic E-state index is 0.0355. The summed E-state index contributed by atoms with van der Waals surface area (Å²) < 4.78 is 11.1. The van der Waals surface area contributed by atoms with Crippen LogP contribution in [0.3, 0.4) is 0 Å². The number of Topliss-reactive ketones (excluding diaryl/α,β-unsaturated/α-hetero) is 2. The van der Waals surface area contributed by atoms with Gasteiger partial charge in [0.05, 0.1) is 5.57 Å². The summed E-state index contributed by atoms with van der Waals surface area (Å²) in [6.45, 7) is 3.90. The molecule has 0 fully saturated rings. The normalized spacial score (nSPS) is 14.0. The Morgan fingerprint density at radius 3 is 2.04 bits per heavy atom. The lowest BCUT2D eigenvalue weighted by atomic mass is 10.0. The quantitative estimate of drug-likeness (QED) is 0.386. The van der Waals surface area contributed by atoms with Gasteiger partial charge in [-0.2, -0.15) is 9.97 Å². The number of oxazole rings is 2. The van der Waals surface area contributed by atoms with Crippen LogP contribution in [0.4, 0.5) is 0 Å². The van der Waals surface area contributed by atoms with Crippen LogP contribution >= 0.6 is 0 Å². The molecule has 27 heavy (non-hydrogen) atoms. The zero-order valence-corrected chi connectivity index (χ0v) is 14.6. The van der Waals surface area contributed by atoms with Crippen molar-refractivity contribution in [3.63, 3.8) is 0 Å². The molecule has 0 atom stereocenters. The highest BCUT2D eigenvalue weighted by Gasteiger charge is 2.34. The van der Waals surface area contributed by atoms with Crippen molar-refractivity contribution in [2.75, 3.05) is 0 Å². The van der Waals surface area contributed by atoms with Crippen LogP contribution in [0.25, 0.3) is 28.3 Å². The smallest absolute Gasteiger partial charge is 0.288 e. The molecule has 0 radical (unpaired) electrons. The lowest BCUT2D eigenvalue weighted by Crippen LogP contribution is -2.00. The van der Waals surface area contributed by atoms with Gasteiger partial charge in [0.15, 0.2) is 11.6 Å². The van der Waals surface area contributed by atoms with Gasteiger partial charge < -0.3 is 8.83 Å². The molecular weight excluding hydrogens is 344 g/mol. The number of rotatable bonds is 2. The van der Waals surface area contributed by atoms with Gasteiger partial charge in [-0.15, -0.1) is 0 Å². The summed E-state index contributed by atoms with van der Waals surface area (Å²) in [5.41, 5.74) is 1.35. The molecule has 0 bridgehead atoms. The van der Waals surface area contributed by atoms with Crippen LogP contribution in [0.1, 0.15) is 52.3 Å². The van der Waals surface area contributed by atoms with E-state index in [2.05, 4.69) is 9.97 Å². The Kier molecular flexibility index (Phi) is 3.18. The number of allylic oxidation sites excluding steroid dienone is 1. The number of ketones is 2. The predicted molar refractivity (Wildman–Crippen MR) is 98.7 cm³/mol. The van der Waals surface area contributed by atoms with E-state index in [4.69, 9.17) is 8.83 Å². The van der Waals surface area contributed by atoms with Crippen molar-refractivity contribution in [2.45, 2.75) is 19.8 Å². The Hall–Kier alpha value is -3.54. The van der Waals surface area contributed by atoms with Crippen LogP contribution < -0.4 is 0 Å². The summed E-state index contributed by atoms with van der Waals surface area (Å²) in [5, 5.41) is 1.83. The largest absolute Gasteiger partial charge is 0.419 e. The second-order valence-corrected chi connectivity index (χ2v) is 6.83. The lowest BCUT2D eigenvalue weighted by molar-refractivity contribution is 0.0990. The van der Waals surface area contributed by atoms with Gasteiger partial charge in [-0.25, -0.2) is 0 Å². The summed E-state index contributed by atoms with van der Waals surface area (Å²) in [5.74, 6) is 0.110. The van der Waals surface area contributed by atoms with Crippen molar-refractivity contribution in [3.05, 3.63) is 64.9 Å². The van der Waals surface area contributed by atoms with Crippen LogP contribution in [0.2, 0.25) is 0 Å². The maximum atomic E-state index is 12.8. The van der Waals surface area contributed by atoms with E-state index in [9.17, 15) is 9.59 Å². The zero-order chi connectivity index (χ0) is 18.7. The standard InChI is InChI=1S/C21H14N2O4/c1-10(2)19-23-21-20(27-19)22-16(26-21)9-15-17(24)13-7-11-5-3-4-6-12(11)8-14(13)18(15)25/h3-10H,1-2H3. The van der Waals surface area contributed by atoms with Gasteiger partial charge in [0, 0.05) is 23.1 Å². The lowest BCUT2D eigenvalue weighted by Gasteiger charge is -2.00. The SMILES string of the molecule is CC(C)c1nc2oc(C=C3C(=O)c4cc5ccccc5cc4C3=O)nc2o1. The number of hydrogen-bond donors (Lipinski definition) is 0. The molecule has 1 aliphatic rings. The number of benzene rings is 2. The summed E-state index contributed by atoms with van der Waals surface area (Å²) in [6.07, 6.45) is 1.36. The summed E-state index contributed by atoms with van der Waals surface area (Å²) >= 11 is 0. The number of nitrogens with zero attached hydrogens (tertiary/aromatic N) is 2. The summed E-state index contributed by atoms with van der Waals surface area (Å²) in [6, 6.07) is 11.1. The molecule has 0 unspecified atom stereocenters. The predicted octanol–water partition coefficient (Wildman–Crippen LogP) is 4.56. The van der Waals surface area contributed by atoms with Crippen molar-refractivity contribution < 1.29 is 18.4 Å². The minimum Gasteiger partial charge on any atom is -0.419 e. The molecule has 6 heteroatoms. The van der Waals surface area contributed by atoms with Crippen molar-refractivity contribution >= 4 is 39.8 Å². The van der Waals surface area contributed by atoms with Crippen molar-refractivity contribution in [1.82, 2.24) is 9.97 Å². The molecule has 0 saturated carbocycles. The van der Waals surface area contributed by atoms with E-state index >= 15 is 0 Å². The maximum Gasteiger partial charge on any atom is 0.288 e. The van der Waals surface area contributed by atoms with E-state index in [1.165, 1.54) is 6.08 Å². The molecule has 0 amide bonds. The van der Waals surface area contributed by atoms with Gasteiger partial charge in [0.1, 0.15) is 0 Å². The number of fused-ring (bicyclic) bond motifs is 3. The molecule has 0 aliphatic heterocycles. The highest BCUT2D eigenvalue weighted by Crippen LogP contribution is 2.32. The number of hydrogen-bond acceptors (Lipinski definition) is 6. The molecule has 2 aromatic carbocycles. The molecule has 6 nitrogen and oxygen atoms in total. The van der Waals surface area contributed by atoms with Crippen LogP contribution in [-0.4, -0.2) is 21.5 Å². The van der Waals surface area contributed by atoms with E-state index in [0.29, 0.717) is 17.0 Å². The van der Waals surface area contributed by atoms with Crippen LogP contribution in [0.15, 0.2) is 50.8 Å². The monoisotopic (exact) mass is 358 g/mol. The second-order valence-electron chi connectivity index (χ2n) is 6.83.